The van der Waals surface area contributed by atoms with Crippen molar-refractivity contribution in [1.29, 1.82) is 0 Å². The molecule has 0 aromatic rings. The molecule has 0 saturated heterocycles. The Bertz CT molecular complexity index is 440. The lowest BCUT2D eigenvalue weighted by Gasteiger charge is -2.46. The van der Waals surface area contributed by atoms with Crippen LogP contribution in [0.2, 0.25) is 0 Å². The molecule has 1 rings (SSSR count). The minimum Gasteiger partial charge on any atom is -0.308 e. The number of hydrogen-bond acceptors (Lipinski definition) is 6. The first-order valence-electron chi connectivity index (χ1n) is 8.32. The molecule has 0 amide bonds. The average Bonchev–Trinajstić information content (AvgIpc) is 2.48. The smallest absolute Gasteiger partial charge is 0.308 e. The van der Waals surface area contributed by atoms with Crippen LogP contribution >= 0.6 is 15.2 Å². The van der Waals surface area contributed by atoms with Crippen LogP contribution in [0.5, 0.6) is 0 Å². The van der Waals surface area contributed by atoms with Gasteiger partial charge in [0.05, 0.1) is 26.4 Å². The van der Waals surface area contributed by atoms with Gasteiger partial charge in [-0.2, -0.15) is 0 Å². The van der Waals surface area contributed by atoms with Crippen LogP contribution in [0, 0.1) is 5.92 Å². The molecule has 23 heavy (non-hydrogen) atoms. The molecular weight excluding hydrogens is 338 g/mol. The van der Waals surface area contributed by atoms with Crippen molar-refractivity contribution in [3.63, 3.8) is 0 Å². The third kappa shape index (κ3) is 3.84. The topological polar surface area (TPSA) is 71.1 Å². The molecule has 0 fully saturated rings. The molecule has 0 saturated carbocycles. The summed E-state index contributed by atoms with van der Waals surface area (Å²) in [6.45, 7) is 9.65. The normalized spacial score (nSPS) is 21.5. The standard InChI is InChI=1S/C15H30O6P2/c1-6-18-22(16,19-7-2)15(13-11-10-12-14(15)5)23(17,20-8-3)21-9-4/h10,12,14H,6-9,11,13H2,1-5H3. The van der Waals surface area contributed by atoms with Crippen LogP contribution in [0.25, 0.3) is 0 Å². The Balaban J connectivity index is 3.57. The largest absolute Gasteiger partial charge is 0.349 e. The summed E-state index contributed by atoms with van der Waals surface area (Å²) < 4.78 is 49.7. The van der Waals surface area contributed by atoms with Crippen LogP contribution in [0.1, 0.15) is 47.5 Å². The number of allylic oxidation sites excluding steroid dienone is 2. The summed E-state index contributed by atoms with van der Waals surface area (Å²) in [4.78, 5) is -1.31. The molecule has 0 heterocycles. The van der Waals surface area contributed by atoms with Crippen molar-refractivity contribution in [2.24, 2.45) is 5.92 Å². The number of rotatable bonds is 10. The molecule has 1 aliphatic carbocycles. The summed E-state index contributed by atoms with van der Waals surface area (Å²) in [6.07, 6.45) is 4.89. The Labute approximate surface area is 140 Å². The lowest BCUT2D eigenvalue weighted by Crippen LogP contribution is -2.40. The van der Waals surface area contributed by atoms with Gasteiger partial charge in [-0.15, -0.1) is 0 Å². The van der Waals surface area contributed by atoms with E-state index in [-0.39, 0.29) is 32.3 Å². The molecule has 1 unspecified atom stereocenters. The van der Waals surface area contributed by atoms with Gasteiger partial charge in [0.1, 0.15) is 0 Å². The molecule has 0 aromatic carbocycles. The first-order valence-corrected chi connectivity index (χ1v) is 11.4. The fraction of sp³-hybridized carbons (Fsp3) is 0.867. The summed E-state index contributed by atoms with van der Waals surface area (Å²) in [5.41, 5.74) is 0. The summed E-state index contributed by atoms with van der Waals surface area (Å²) in [6, 6.07) is 0. The summed E-state index contributed by atoms with van der Waals surface area (Å²) in [5.74, 6) is -0.316. The molecule has 1 atom stereocenters. The third-order valence-corrected chi connectivity index (χ3v) is 11.0. The maximum absolute atomic E-state index is 13.7. The number of hydrogen-bond donors (Lipinski definition) is 0. The fourth-order valence-electron chi connectivity index (χ4n) is 3.10. The van der Waals surface area contributed by atoms with Gasteiger partial charge in [0.2, 0.25) is 0 Å². The summed E-state index contributed by atoms with van der Waals surface area (Å²) in [5, 5.41) is 0. The van der Waals surface area contributed by atoms with Gasteiger partial charge in [-0.3, -0.25) is 9.13 Å². The van der Waals surface area contributed by atoms with Crippen molar-refractivity contribution < 1.29 is 27.2 Å². The van der Waals surface area contributed by atoms with Crippen LogP contribution in [0.3, 0.4) is 0 Å². The Morgan fingerprint density at radius 2 is 1.30 bits per heavy atom. The molecule has 0 bridgehead atoms. The highest BCUT2D eigenvalue weighted by molar-refractivity contribution is 7.74. The van der Waals surface area contributed by atoms with E-state index in [1.807, 2.05) is 19.1 Å². The SMILES string of the molecule is CCOP(=O)(OCC)C1(P(=O)(OCC)OCC)CCC=CC1C. The molecule has 136 valence electrons. The molecule has 1 aliphatic rings. The first-order chi connectivity index (χ1) is 10.9. The fourth-order valence-corrected chi connectivity index (χ4v) is 9.37. The Hall–Kier alpha value is 0.0400. The maximum atomic E-state index is 13.7. The van der Waals surface area contributed by atoms with E-state index in [0.29, 0.717) is 12.8 Å². The zero-order valence-electron chi connectivity index (χ0n) is 14.8. The van der Waals surface area contributed by atoms with Gasteiger partial charge < -0.3 is 18.1 Å². The zero-order valence-corrected chi connectivity index (χ0v) is 16.6. The van der Waals surface area contributed by atoms with E-state index in [2.05, 4.69) is 0 Å². The highest BCUT2D eigenvalue weighted by Crippen LogP contribution is 2.82. The second-order valence-electron chi connectivity index (χ2n) is 5.30. The Kier molecular flexibility index (Phi) is 8.19. The van der Waals surface area contributed by atoms with Crippen molar-refractivity contribution >= 4 is 15.2 Å². The van der Waals surface area contributed by atoms with Crippen molar-refractivity contribution in [1.82, 2.24) is 0 Å². The van der Waals surface area contributed by atoms with Crippen LogP contribution in [0.15, 0.2) is 12.2 Å². The van der Waals surface area contributed by atoms with E-state index in [0.717, 1.165) is 0 Å². The molecule has 0 aliphatic heterocycles. The zero-order chi connectivity index (χ0) is 17.6. The molecular formula is C15H30O6P2. The molecule has 0 N–H and O–H groups in total. The van der Waals surface area contributed by atoms with Crippen LogP contribution in [-0.4, -0.2) is 31.3 Å². The van der Waals surface area contributed by atoms with E-state index in [4.69, 9.17) is 18.1 Å². The molecule has 0 radical (unpaired) electrons. The Morgan fingerprint density at radius 3 is 1.61 bits per heavy atom. The van der Waals surface area contributed by atoms with E-state index in [1.165, 1.54) is 0 Å². The van der Waals surface area contributed by atoms with Crippen molar-refractivity contribution in [2.75, 3.05) is 26.4 Å². The monoisotopic (exact) mass is 368 g/mol. The van der Waals surface area contributed by atoms with Gasteiger partial charge in [-0.25, -0.2) is 0 Å². The second-order valence-corrected chi connectivity index (χ2v) is 10.3. The van der Waals surface area contributed by atoms with Gasteiger partial charge in [-0.05, 0) is 40.5 Å². The minimum atomic E-state index is -3.73. The quantitative estimate of drug-likeness (QED) is 0.390. The predicted octanol–water partition coefficient (Wildman–Crippen LogP) is 5.20. The van der Waals surface area contributed by atoms with Gasteiger partial charge in [0, 0.05) is 5.92 Å². The van der Waals surface area contributed by atoms with Gasteiger partial charge in [0.25, 0.3) is 0 Å². The summed E-state index contributed by atoms with van der Waals surface area (Å²) >= 11 is 0. The lowest BCUT2D eigenvalue weighted by atomic mass is 9.96. The third-order valence-electron chi connectivity index (χ3n) is 3.98. The van der Waals surface area contributed by atoms with Crippen LogP contribution in [0.4, 0.5) is 0 Å². The van der Waals surface area contributed by atoms with Gasteiger partial charge in [-0.1, -0.05) is 19.1 Å². The minimum absolute atomic E-state index is 0.202. The second kappa shape index (κ2) is 8.94. The van der Waals surface area contributed by atoms with Crippen molar-refractivity contribution in [3.8, 4) is 0 Å². The summed E-state index contributed by atoms with van der Waals surface area (Å²) in [7, 11) is -7.45. The van der Waals surface area contributed by atoms with Crippen molar-refractivity contribution in [2.45, 2.75) is 52.4 Å². The average molecular weight is 368 g/mol. The predicted molar refractivity (Wildman–Crippen MR) is 92.0 cm³/mol. The molecule has 6 nitrogen and oxygen atoms in total. The van der Waals surface area contributed by atoms with Crippen LogP contribution in [-0.2, 0) is 27.2 Å². The van der Waals surface area contributed by atoms with Gasteiger partial charge >= 0.3 is 15.2 Å². The first kappa shape index (κ1) is 21.1. The van der Waals surface area contributed by atoms with Gasteiger partial charge in [0.15, 0.2) is 4.90 Å². The Morgan fingerprint density at radius 1 is 0.913 bits per heavy atom. The van der Waals surface area contributed by atoms with E-state index >= 15 is 0 Å². The highest BCUT2D eigenvalue weighted by Gasteiger charge is 2.67. The van der Waals surface area contributed by atoms with Crippen LogP contribution < -0.4 is 0 Å². The maximum Gasteiger partial charge on any atom is 0.349 e. The molecule has 0 aromatic heterocycles. The van der Waals surface area contributed by atoms with E-state index < -0.39 is 20.1 Å². The molecule has 8 heteroatoms. The molecule has 0 spiro atoms. The van der Waals surface area contributed by atoms with Crippen molar-refractivity contribution in [3.05, 3.63) is 12.2 Å². The van der Waals surface area contributed by atoms with E-state index in [9.17, 15) is 9.13 Å². The van der Waals surface area contributed by atoms with E-state index in [1.54, 1.807) is 27.7 Å². The highest BCUT2D eigenvalue weighted by atomic mass is 31.2. The lowest BCUT2D eigenvalue weighted by molar-refractivity contribution is 0.164.